The molecule has 1 aromatic heterocycles. The number of hydrogen-bond donors (Lipinski definition) is 2. The van der Waals surface area contributed by atoms with E-state index in [4.69, 9.17) is 19.7 Å². The second-order valence-electron chi connectivity index (χ2n) is 9.50. The van der Waals surface area contributed by atoms with E-state index in [2.05, 4.69) is 0 Å². The third-order valence-electron chi connectivity index (χ3n) is 6.75. The molecule has 5 rings (SSSR count). The number of ether oxygens (including phenoxy) is 1. The average molecular weight is 614 g/mol. The minimum Gasteiger partial charge on any atom is -0.542 e. The summed E-state index contributed by atoms with van der Waals surface area (Å²) in [5.41, 5.74) is 3.38. The van der Waals surface area contributed by atoms with Crippen molar-refractivity contribution < 1.29 is 57.0 Å². The van der Waals surface area contributed by atoms with Crippen LogP contribution < -0.4 is 14.4 Å². The molecule has 3 aromatic carbocycles. The van der Waals surface area contributed by atoms with Gasteiger partial charge in [0.15, 0.2) is 11.0 Å². The topological polar surface area (TPSA) is 153 Å². The highest BCUT2D eigenvalue weighted by Gasteiger charge is 2.38. The van der Waals surface area contributed by atoms with Crippen LogP contribution in [-0.2, 0) is 24.4 Å². The Morgan fingerprint density at radius 2 is 1.61 bits per heavy atom. The molecule has 2 heterocycles. The summed E-state index contributed by atoms with van der Waals surface area (Å²) in [4.78, 5) is 47.9. The van der Waals surface area contributed by atoms with E-state index in [9.17, 15) is 32.7 Å². The standard InChI is InChI=1S/C28H25N3O6.C2HF3O2/c1-2-29-24-15-20(37-13-12-32)10-11-23(24)30(16-18-6-5-7-19(14-18)28(35)36)25(29)17-31-26(33)21-8-3-4-9-22(21)27(31)34;3-2(4,5)1(6)7/h3-11,14-15,32H,2,12-13,16-17H2,1H3;(H,6,7). The van der Waals surface area contributed by atoms with Crippen molar-refractivity contribution in [2.75, 3.05) is 13.2 Å². The molecule has 1 aliphatic heterocycles. The Morgan fingerprint density at radius 3 is 2.16 bits per heavy atom. The molecule has 230 valence electrons. The lowest BCUT2D eigenvalue weighted by Crippen LogP contribution is -2.43. The molecule has 44 heavy (non-hydrogen) atoms. The number of nitrogens with zero attached hydrogens (tertiary/aromatic N) is 3. The summed E-state index contributed by atoms with van der Waals surface area (Å²) in [6.45, 7) is 2.95. The zero-order valence-corrected chi connectivity index (χ0v) is 23.2. The first-order valence-corrected chi connectivity index (χ1v) is 13.2. The van der Waals surface area contributed by atoms with Crippen LogP contribution in [0.25, 0.3) is 11.0 Å². The first kappa shape index (κ1) is 31.7. The molecule has 1 aliphatic rings. The molecule has 0 spiro atoms. The van der Waals surface area contributed by atoms with Gasteiger partial charge >= 0.3 is 12.1 Å². The van der Waals surface area contributed by atoms with Gasteiger partial charge in [-0.2, -0.15) is 13.2 Å². The van der Waals surface area contributed by atoms with Gasteiger partial charge in [0.05, 0.1) is 29.8 Å². The number of imide groups is 1. The molecule has 0 saturated heterocycles. The molecular formula is C30H26F3N3O8. The van der Waals surface area contributed by atoms with Gasteiger partial charge in [-0.1, -0.05) is 24.3 Å². The zero-order chi connectivity index (χ0) is 32.2. The summed E-state index contributed by atoms with van der Waals surface area (Å²) in [7, 11) is 0. The van der Waals surface area contributed by atoms with Crippen LogP contribution in [0.15, 0.2) is 66.7 Å². The smallest absolute Gasteiger partial charge is 0.430 e. The van der Waals surface area contributed by atoms with Crippen LogP contribution in [0, 0.1) is 0 Å². The van der Waals surface area contributed by atoms with Crippen molar-refractivity contribution in [1.29, 1.82) is 0 Å². The van der Waals surface area contributed by atoms with E-state index >= 15 is 0 Å². The summed E-state index contributed by atoms with van der Waals surface area (Å²) in [6, 6.07) is 19.0. The van der Waals surface area contributed by atoms with Crippen LogP contribution in [0.1, 0.15) is 49.4 Å². The number of carbonyl (C=O) groups excluding carboxylic acids is 3. The van der Waals surface area contributed by atoms with Gasteiger partial charge in [0.2, 0.25) is 0 Å². The summed E-state index contributed by atoms with van der Waals surface area (Å²) in [5.74, 6) is -3.42. The maximum atomic E-state index is 13.2. The SMILES string of the molecule is CCn1c(CN2C(=O)c3ccccc3C2=O)[n+](Cc2cccc(C(=O)O)c2)c2ccc(OCCO)cc21.O=C([O-])C(F)(F)F. The molecular weight excluding hydrogens is 587 g/mol. The number of carbonyl (C=O) groups is 4. The number of aryl methyl sites for hydroxylation is 1. The number of aliphatic hydroxyl groups is 1. The number of aliphatic hydroxyl groups excluding tert-OH is 1. The lowest BCUT2D eigenvalue weighted by atomic mass is 10.1. The predicted octanol–water partition coefficient (Wildman–Crippen LogP) is 2.16. The number of halogens is 3. The molecule has 0 aliphatic carbocycles. The van der Waals surface area contributed by atoms with Crippen molar-refractivity contribution in [3.63, 3.8) is 0 Å². The largest absolute Gasteiger partial charge is 0.542 e. The van der Waals surface area contributed by atoms with Crippen LogP contribution in [-0.4, -0.2) is 62.8 Å². The molecule has 14 heteroatoms. The summed E-state index contributed by atoms with van der Waals surface area (Å²) in [5, 5.41) is 27.4. The first-order chi connectivity index (χ1) is 20.9. The zero-order valence-electron chi connectivity index (χ0n) is 23.2. The van der Waals surface area contributed by atoms with Crippen molar-refractivity contribution in [3.8, 4) is 5.75 Å². The minimum atomic E-state index is -5.19. The number of imidazole rings is 1. The lowest BCUT2D eigenvalue weighted by molar-refractivity contribution is -0.671. The molecule has 0 unspecified atom stereocenters. The number of carboxylic acids is 2. The molecule has 11 nitrogen and oxygen atoms in total. The van der Waals surface area contributed by atoms with Crippen molar-refractivity contribution in [2.45, 2.75) is 32.7 Å². The Balaban J connectivity index is 0.000000566. The number of aromatic carboxylic acids is 1. The molecule has 0 radical (unpaired) electrons. The number of alkyl halides is 3. The van der Waals surface area contributed by atoms with Gasteiger partial charge < -0.3 is 24.9 Å². The Labute approximate surface area is 247 Å². The van der Waals surface area contributed by atoms with Gasteiger partial charge in [-0.25, -0.2) is 13.9 Å². The van der Waals surface area contributed by atoms with Crippen molar-refractivity contribution in [2.24, 2.45) is 0 Å². The predicted molar refractivity (Wildman–Crippen MR) is 145 cm³/mol. The van der Waals surface area contributed by atoms with E-state index in [1.807, 2.05) is 34.3 Å². The number of rotatable bonds is 9. The molecule has 4 aromatic rings. The summed E-state index contributed by atoms with van der Waals surface area (Å²) >= 11 is 0. The fraction of sp³-hybridized carbons (Fsp3) is 0.233. The third-order valence-corrected chi connectivity index (χ3v) is 6.75. The maximum absolute atomic E-state index is 13.2. The van der Waals surface area contributed by atoms with Gasteiger partial charge in [0.25, 0.3) is 17.6 Å². The van der Waals surface area contributed by atoms with Crippen molar-refractivity contribution >= 4 is 34.8 Å². The highest BCUT2D eigenvalue weighted by molar-refractivity contribution is 6.21. The fourth-order valence-corrected chi connectivity index (χ4v) is 4.83. The minimum absolute atomic E-state index is 0.0420. The summed E-state index contributed by atoms with van der Waals surface area (Å²) in [6.07, 6.45) is -5.19. The molecule has 2 N–H and O–H groups in total. The van der Waals surface area contributed by atoms with Crippen molar-refractivity contribution in [1.82, 2.24) is 9.47 Å². The van der Waals surface area contributed by atoms with Crippen LogP contribution in [0.5, 0.6) is 5.75 Å². The number of aliphatic carboxylic acids is 1. The highest BCUT2D eigenvalue weighted by Crippen LogP contribution is 2.27. The van der Waals surface area contributed by atoms with Gasteiger partial charge in [0.1, 0.15) is 31.4 Å². The number of amides is 2. The van der Waals surface area contributed by atoms with E-state index in [-0.39, 0.29) is 37.1 Å². The van der Waals surface area contributed by atoms with Gasteiger partial charge in [-0.15, -0.1) is 0 Å². The molecule has 2 amide bonds. The van der Waals surface area contributed by atoms with Gasteiger partial charge in [-0.3, -0.25) is 14.5 Å². The third kappa shape index (κ3) is 6.54. The second kappa shape index (κ2) is 13.0. The van der Waals surface area contributed by atoms with Gasteiger partial charge in [0, 0.05) is 6.07 Å². The first-order valence-electron chi connectivity index (χ1n) is 13.2. The Morgan fingerprint density at radius 1 is 0.977 bits per heavy atom. The molecule has 0 fully saturated rings. The van der Waals surface area contributed by atoms with E-state index in [0.29, 0.717) is 35.8 Å². The lowest BCUT2D eigenvalue weighted by Gasteiger charge is -2.13. The second-order valence-corrected chi connectivity index (χ2v) is 9.50. The van der Waals surface area contributed by atoms with E-state index in [1.54, 1.807) is 42.5 Å². The maximum Gasteiger partial charge on any atom is 0.430 e. The fourth-order valence-electron chi connectivity index (χ4n) is 4.83. The van der Waals surface area contributed by atoms with E-state index in [0.717, 1.165) is 16.6 Å². The summed E-state index contributed by atoms with van der Waals surface area (Å²) < 4.78 is 41.2. The van der Waals surface area contributed by atoms with E-state index in [1.165, 1.54) is 11.0 Å². The van der Waals surface area contributed by atoms with E-state index < -0.39 is 18.1 Å². The number of aromatic nitrogens is 2. The van der Waals surface area contributed by atoms with Crippen LogP contribution >= 0.6 is 0 Å². The van der Waals surface area contributed by atoms with Crippen LogP contribution in [0.4, 0.5) is 13.2 Å². The quantitative estimate of drug-likeness (QED) is 0.215. The number of hydrogen-bond acceptors (Lipinski definition) is 7. The number of benzene rings is 3. The van der Waals surface area contributed by atoms with Crippen LogP contribution in [0.3, 0.4) is 0 Å². The monoisotopic (exact) mass is 613 g/mol. The molecule has 0 atom stereocenters. The number of carboxylic acid groups (broad SMARTS) is 2. The normalized spacial score (nSPS) is 12.6. The Bertz CT molecular complexity index is 1710. The highest BCUT2D eigenvalue weighted by atomic mass is 19.4. The van der Waals surface area contributed by atoms with Crippen molar-refractivity contribution in [3.05, 3.63) is 94.8 Å². The van der Waals surface area contributed by atoms with Crippen LogP contribution in [0.2, 0.25) is 0 Å². The Hall–Kier alpha value is -5.24. The Kier molecular flexibility index (Phi) is 9.33. The average Bonchev–Trinajstić information content (AvgIpc) is 3.41. The number of fused-ring (bicyclic) bond motifs is 2. The van der Waals surface area contributed by atoms with Gasteiger partial charge in [-0.05, 0) is 48.9 Å². The molecule has 0 saturated carbocycles. The molecule has 0 bridgehead atoms.